The van der Waals surface area contributed by atoms with Crippen molar-refractivity contribution in [2.75, 3.05) is 7.05 Å². The fourth-order valence-electron chi connectivity index (χ4n) is 5.68. The molecule has 3 aliphatic rings. The lowest BCUT2D eigenvalue weighted by molar-refractivity contribution is -0.0503. The summed E-state index contributed by atoms with van der Waals surface area (Å²) in [4.78, 5) is 7.16. The Labute approximate surface area is 187 Å². The quantitative estimate of drug-likeness (QED) is 0.724. The van der Waals surface area contributed by atoms with Gasteiger partial charge >= 0.3 is 6.61 Å². The summed E-state index contributed by atoms with van der Waals surface area (Å²) in [5, 5.41) is 0. The van der Waals surface area contributed by atoms with Gasteiger partial charge in [-0.1, -0.05) is 30.9 Å². The van der Waals surface area contributed by atoms with Gasteiger partial charge in [0.05, 0.1) is 0 Å². The van der Waals surface area contributed by atoms with Crippen molar-refractivity contribution in [2.24, 2.45) is 22.6 Å². The van der Waals surface area contributed by atoms with Crippen molar-refractivity contribution >= 4 is 5.96 Å². The van der Waals surface area contributed by atoms with Crippen LogP contribution in [0.3, 0.4) is 0 Å². The van der Waals surface area contributed by atoms with Crippen molar-refractivity contribution in [1.82, 2.24) is 4.90 Å². The largest absolute Gasteiger partial charge is 0.435 e. The molecule has 1 heterocycles. The van der Waals surface area contributed by atoms with Crippen molar-refractivity contribution in [3.05, 3.63) is 64.2 Å². The Bertz CT molecular complexity index is 1170. The molecule has 1 saturated carbocycles. The number of unbranched alkanes of at least 4 members (excludes halogenated alkanes) is 1. The third-order valence-electron chi connectivity index (χ3n) is 7.10. The zero-order valence-corrected chi connectivity index (χ0v) is 18.5. The molecule has 2 aliphatic carbocycles. The van der Waals surface area contributed by atoms with E-state index in [0.717, 1.165) is 41.5 Å². The first kappa shape index (κ1) is 20.8. The highest BCUT2D eigenvalue weighted by Gasteiger charge is 2.69. The molecule has 1 fully saturated rings. The maximum Gasteiger partial charge on any atom is 0.387 e. The fourth-order valence-corrected chi connectivity index (χ4v) is 5.68. The highest BCUT2D eigenvalue weighted by atomic mass is 19.3. The summed E-state index contributed by atoms with van der Waals surface area (Å²) in [7, 11) is 1.99. The van der Waals surface area contributed by atoms with E-state index in [9.17, 15) is 8.78 Å². The van der Waals surface area contributed by atoms with Crippen LogP contribution in [0.1, 0.15) is 47.6 Å². The lowest BCUT2D eigenvalue weighted by Crippen LogP contribution is -2.47. The Balaban J connectivity index is 1.70. The molecule has 1 aliphatic heterocycles. The molecule has 0 radical (unpaired) electrons. The van der Waals surface area contributed by atoms with Crippen molar-refractivity contribution in [3.8, 4) is 17.6 Å². The zero-order valence-electron chi connectivity index (χ0n) is 18.5. The molecule has 2 aromatic rings. The van der Waals surface area contributed by atoms with E-state index in [1.165, 1.54) is 0 Å². The number of benzene rings is 2. The third kappa shape index (κ3) is 3.06. The maximum atomic E-state index is 13.0. The van der Waals surface area contributed by atoms with Gasteiger partial charge in [0.1, 0.15) is 11.3 Å². The molecule has 2 aromatic carbocycles. The average Bonchev–Trinajstić information content (AvgIpc) is 3.48. The SMILES string of the molecule is CCCC#Cc1cccc([C@]23N=C(N)N(C)C4C(Cc5cc(OC(F)F)c(C)cc52)C43)c1. The van der Waals surface area contributed by atoms with Gasteiger partial charge in [0, 0.05) is 31.0 Å². The minimum Gasteiger partial charge on any atom is -0.435 e. The molecule has 166 valence electrons. The van der Waals surface area contributed by atoms with Crippen LogP contribution in [-0.4, -0.2) is 30.6 Å². The molecular formula is C26H27F2N3O. The van der Waals surface area contributed by atoms with Gasteiger partial charge in [-0.05, 0) is 72.2 Å². The van der Waals surface area contributed by atoms with Gasteiger partial charge < -0.3 is 15.4 Å². The van der Waals surface area contributed by atoms with Crippen LogP contribution < -0.4 is 10.5 Å². The normalized spacial score (nSPS) is 27.1. The first-order valence-electron chi connectivity index (χ1n) is 11.1. The maximum absolute atomic E-state index is 13.0. The number of nitrogens with two attached hydrogens (primary N) is 1. The van der Waals surface area contributed by atoms with E-state index in [2.05, 4.69) is 35.8 Å². The van der Waals surface area contributed by atoms with Crippen molar-refractivity contribution in [1.29, 1.82) is 0 Å². The molecule has 0 saturated heterocycles. The molecule has 5 rings (SSSR count). The van der Waals surface area contributed by atoms with Gasteiger partial charge in [0.15, 0.2) is 5.96 Å². The predicted molar refractivity (Wildman–Crippen MR) is 121 cm³/mol. The fraction of sp³-hybridized carbons (Fsp3) is 0.423. The molecule has 0 aromatic heterocycles. The third-order valence-corrected chi connectivity index (χ3v) is 7.10. The zero-order chi connectivity index (χ0) is 22.6. The number of nitrogens with zero attached hydrogens (tertiary/aromatic N) is 2. The number of halogens is 2. The summed E-state index contributed by atoms with van der Waals surface area (Å²) in [5.74, 6) is 7.86. The first-order valence-corrected chi connectivity index (χ1v) is 11.1. The summed E-state index contributed by atoms with van der Waals surface area (Å²) in [6, 6.07) is 12.3. The lowest BCUT2D eigenvalue weighted by Gasteiger charge is -2.40. The second-order valence-electron chi connectivity index (χ2n) is 9.02. The topological polar surface area (TPSA) is 50.8 Å². The van der Waals surface area contributed by atoms with Crippen LogP contribution in [0.2, 0.25) is 0 Å². The molecule has 2 N–H and O–H groups in total. The number of fused-ring (bicyclic) bond motifs is 3. The van der Waals surface area contributed by atoms with Crippen LogP contribution in [0.4, 0.5) is 8.78 Å². The Morgan fingerprint density at radius 3 is 2.88 bits per heavy atom. The number of hydrogen-bond donors (Lipinski definition) is 1. The molecule has 4 atom stereocenters. The van der Waals surface area contributed by atoms with E-state index in [1.807, 2.05) is 25.2 Å². The van der Waals surface area contributed by atoms with Crippen molar-refractivity contribution in [2.45, 2.75) is 51.3 Å². The van der Waals surface area contributed by atoms with Crippen LogP contribution in [0.15, 0.2) is 41.4 Å². The van der Waals surface area contributed by atoms with Gasteiger partial charge in [0.2, 0.25) is 0 Å². The Morgan fingerprint density at radius 1 is 1.31 bits per heavy atom. The first-order chi connectivity index (χ1) is 15.4. The van der Waals surface area contributed by atoms with Crippen LogP contribution in [0, 0.1) is 30.6 Å². The molecule has 0 spiro atoms. The van der Waals surface area contributed by atoms with Crippen LogP contribution in [-0.2, 0) is 12.0 Å². The Hall–Kier alpha value is -3.07. The standard InChI is InChI=1S/C26H27F2N3O/c1-4-5-6-8-16-9-7-10-18(12-16)26-20-11-15(2)21(32-24(27)28)14-17(20)13-19-22(26)23(19)31(3)25(29)30-26/h7,9-12,14,19,22-24H,4-5,13H2,1-3H3,(H2,29,30)/t19?,22?,23?,26-/m0/s1. The monoisotopic (exact) mass is 435 g/mol. The van der Waals surface area contributed by atoms with E-state index in [1.54, 1.807) is 13.0 Å². The molecule has 4 nitrogen and oxygen atoms in total. The van der Waals surface area contributed by atoms with Gasteiger partial charge in [-0.15, -0.1) is 0 Å². The second-order valence-corrected chi connectivity index (χ2v) is 9.02. The second kappa shape index (κ2) is 7.51. The number of aryl methyl sites for hydroxylation is 1. The molecule has 6 heteroatoms. The van der Waals surface area contributed by atoms with Gasteiger partial charge in [-0.3, -0.25) is 0 Å². The number of rotatable bonds is 4. The number of alkyl halides is 2. The summed E-state index contributed by atoms with van der Waals surface area (Å²) < 4.78 is 30.7. The number of aliphatic imine (C=N–C) groups is 1. The van der Waals surface area contributed by atoms with Gasteiger partial charge in [-0.25, -0.2) is 4.99 Å². The molecule has 3 unspecified atom stereocenters. The van der Waals surface area contributed by atoms with Crippen molar-refractivity contribution in [3.63, 3.8) is 0 Å². The van der Waals surface area contributed by atoms with Crippen LogP contribution in [0.25, 0.3) is 0 Å². The highest BCUT2D eigenvalue weighted by molar-refractivity contribution is 5.82. The minimum atomic E-state index is -2.85. The van der Waals surface area contributed by atoms with E-state index in [4.69, 9.17) is 15.5 Å². The minimum absolute atomic E-state index is 0.229. The number of hydrogen-bond acceptors (Lipinski definition) is 4. The lowest BCUT2D eigenvalue weighted by atomic mass is 9.71. The smallest absolute Gasteiger partial charge is 0.387 e. The van der Waals surface area contributed by atoms with Gasteiger partial charge in [0.25, 0.3) is 0 Å². The molecule has 0 amide bonds. The Morgan fingerprint density at radius 2 is 2.12 bits per heavy atom. The van der Waals surface area contributed by atoms with E-state index < -0.39 is 12.2 Å². The van der Waals surface area contributed by atoms with E-state index >= 15 is 0 Å². The van der Waals surface area contributed by atoms with E-state index in [-0.39, 0.29) is 17.7 Å². The predicted octanol–water partition coefficient (Wildman–Crippen LogP) is 4.42. The van der Waals surface area contributed by atoms with E-state index in [0.29, 0.717) is 17.4 Å². The summed E-state index contributed by atoms with van der Waals surface area (Å²) in [6.07, 6.45) is 2.67. The average molecular weight is 436 g/mol. The van der Waals surface area contributed by atoms with Crippen molar-refractivity contribution < 1.29 is 13.5 Å². The number of ether oxygens (including phenoxy) is 1. The highest BCUT2D eigenvalue weighted by Crippen LogP contribution is 2.65. The van der Waals surface area contributed by atoms with Gasteiger partial charge in [-0.2, -0.15) is 8.78 Å². The molecular weight excluding hydrogens is 408 g/mol. The molecule has 32 heavy (non-hydrogen) atoms. The molecule has 0 bridgehead atoms. The van der Waals surface area contributed by atoms with Crippen LogP contribution in [0.5, 0.6) is 5.75 Å². The van der Waals surface area contributed by atoms with Crippen LogP contribution >= 0.6 is 0 Å². The Kier molecular flexibility index (Phi) is 4.88. The summed E-state index contributed by atoms with van der Waals surface area (Å²) >= 11 is 0. The summed E-state index contributed by atoms with van der Waals surface area (Å²) in [6.45, 7) is 1.06. The summed E-state index contributed by atoms with van der Waals surface area (Å²) in [5.41, 5.74) is 10.5. The number of guanidine groups is 1.